The first kappa shape index (κ1) is 16.5. The molecule has 1 aromatic rings. The van der Waals surface area contributed by atoms with Crippen LogP contribution in [0.1, 0.15) is 18.0 Å². The maximum absolute atomic E-state index is 9.37. The summed E-state index contributed by atoms with van der Waals surface area (Å²) in [5, 5.41) is 12.8. The van der Waals surface area contributed by atoms with Crippen LogP contribution in [-0.4, -0.2) is 51.1 Å². The fourth-order valence-corrected chi connectivity index (χ4v) is 3.63. The Balaban J connectivity index is 2.09. The summed E-state index contributed by atoms with van der Waals surface area (Å²) in [4.78, 5) is 2.46. The molecule has 1 aromatic carbocycles. The normalized spacial score (nSPS) is 18.5. The maximum Gasteiger partial charge on any atom is 0.242 e. The molecule has 4 nitrogen and oxygen atoms in total. The highest BCUT2D eigenvalue weighted by atomic mass is 28.4. The van der Waals surface area contributed by atoms with Crippen molar-refractivity contribution in [1.29, 1.82) is 0 Å². The predicted molar refractivity (Wildman–Crippen MR) is 89.3 cm³/mol. The van der Waals surface area contributed by atoms with Crippen molar-refractivity contribution >= 4 is 8.32 Å². The molecule has 1 aliphatic rings. The number of hydrogen-bond donors (Lipinski definition) is 2. The topological polar surface area (TPSA) is 44.7 Å². The zero-order chi connectivity index (χ0) is 15.3. The Kier molecular flexibility index (Phi) is 5.81. The Bertz CT molecular complexity index is 425. The van der Waals surface area contributed by atoms with Crippen molar-refractivity contribution in [2.45, 2.75) is 32.1 Å². The summed E-state index contributed by atoms with van der Waals surface area (Å²) in [6.07, 6.45) is 0.786. The number of piperazine rings is 1. The highest BCUT2D eigenvalue weighted by molar-refractivity contribution is 6.70. The minimum absolute atomic E-state index is 0.224. The molecule has 1 fully saturated rings. The van der Waals surface area contributed by atoms with Gasteiger partial charge in [-0.3, -0.25) is 4.90 Å². The van der Waals surface area contributed by atoms with Crippen LogP contribution >= 0.6 is 0 Å². The summed E-state index contributed by atoms with van der Waals surface area (Å²) >= 11 is 0. The molecule has 118 valence electrons. The number of nitrogens with zero attached hydrogens (tertiary/aromatic N) is 1. The molecule has 0 saturated carbocycles. The second-order valence-electron chi connectivity index (χ2n) is 6.60. The molecule has 2 rings (SSSR count). The highest BCUT2D eigenvalue weighted by Crippen LogP contribution is 2.27. The van der Waals surface area contributed by atoms with Crippen molar-refractivity contribution in [2.24, 2.45) is 0 Å². The van der Waals surface area contributed by atoms with Crippen LogP contribution in [0.3, 0.4) is 0 Å². The third-order valence-electron chi connectivity index (χ3n) is 3.68. The van der Waals surface area contributed by atoms with Gasteiger partial charge in [0, 0.05) is 38.8 Å². The van der Waals surface area contributed by atoms with Crippen LogP contribution in [0.5, 0.6) is 5.75 Å². The molecule has 0 amide bonds. The van der Waals surface area contributed by atoms with E-state index in [4.69, 9.17) is 4.43 Å². The number of nitrogens with one attached hydrogen (secondary N) is 1. The average molecular weight is 308 g/mol. The van der Waals surface area contributed by atoms with E-state index in [-0.39, 0.29) is 6.61 Å². The van der Waals surface area contributed by atoms with Crippen molar-refractivity contribution in [1.82, 2.24) is 10.2 Å². The van der Waals surface area contributed by atoms with Gasteiger partial charge in [-0.25, -0.2) is 0 Å². The van der Waals surface area contributed by atoms with E-state index in [0.717, 1.165) is 38.3 Å². The lowest BCUT2D eigenvalue weighted by Crippen LogP contribution is -2.45. The van der Waals surface area contributed by atoms with Gasteiger partial charge in [0.15, 0.2) is 0 Å². The van der Waals surface area contributed by atoms with E-state index in [0.29, 0.717) is 6.04 Å². The van der Waals surface area contributed by atoms with E-state index in [1.165, 1.54) is 5.56 Å². The molecule has 1 heterocycles. The first-order chi connectivity index (χ1) is 9.99. The number of hydrogen-bond acceptors (Lipinski definition) is 4. The van der Waals surface area contributed by atoms with E-state index in [1.807, 2.05) is 0 Å². The fraction of sp³-hybridized carbons (Fsp3) is 0.625. The molecule has 0 unspecified atom stereocenters. The van der Waals surface area contributed by atoms with Crippen molar-refractivity contribution in [2.75, 3.05) is 32.8 Å². The molecule has 0 aliphatic carbocycles. The number of aliphatic hydroxyl groups is 1. The lowest BCUT2D eigenvalue weighted by molar-refractivity contribution is 0.141. The van der Waals surface area contributed by atoms with Crippen LogP contribution < -0.4 is 9.74 Å². The zero-order valence-electron chi connectivity index (χ0n) is 13.4. The van der Waals surface area contributed by atoms with Gasteiger partial charge in [0.1, 0.15) is 5.75 Å². The minimum Gasteiger partial charge on any atom is -0.544 e. The number of rotatable bonds is 6. The van der Waals surface area contributed by atoms with Gasteiger partial charge in [-0.05, 0) is 43.8 Å². The summed E-state index contributed by atoms with van der Waals surface area (Å²) < 4.78 is 6.01. The van der Waals surface area contributed by atoms with Gasteiger partial charge in [-0.2, -0.15) is 0 Å². The maximum atomic E-state index is 9.37. The van der Waals surface area contributed by atoms with Crippen LogP contribution in [0.2, 0.25) is 19.6 Å². The number of aliphatic hydroxyl groups excluding tert-OH is 1. The molecule has 1 aliphatic heterocycles. The van der Waals surface area contributed by atoms with E-state index < -0.39 is 8.32 Å². The lowest BCUT2D eigenvalue weighted by atomic mass is 10.0. The van der Waals surface area contributed by atoms with Crippen LogP contribution in [0.4, 0.5) is 0 Å². The standard InChI is InChI=1S/C16H28N2O2Si/c1-21(2,3)20-15-6-4-14(5-7-15)16(8-13-19)18-11-9-17-10-12-18/h4-7,16-17,19H,8-13H2,1-3H3/t16-/m0/s1. The quantitative estimate of drug-likeness (QED) is 0.791. The Hall–Kier alpha value is -0.883. The van der Waals surface area contributed by atoms with Gasteiger partial charge in [-0.15, -0.1) is 0 Å². The third-order valence-corrected chi connectivity index (χ3v) is 4.53. The van der Waals surface area contributed by atoms with E-state index >= 15 is 0 Å². The summed E-state index contributed by atoms with van der Waals surface area (Å²) in [5.74, 6) is 0.959. The average Bonchev–Trinajstić information content (AvgIpc) is 2.45. The second-order valence-corrected chi connectivity index (χ2v) is 11.0. The first-order valence-electron chi connectivity index (χ1n) is 7.84. The monoisotopic (exact) mass is 308 g/mol. The van der Waals surface area contributed by atoms with Crippen LogP contribution in [0, 0.1) is 0 Å². The summed E-state index contributed by atoms with van der Waals surface area (Å²) in [7, 11) is -1.55. The van der Waals surface area contributed by atoms with Crippen molar-refractivity contribution < 1.29 is 9.53 Å². The molecule has 2 N–H and O–H groups in total. The van der Waals surface area contributed by atoms with Crippen LogP contribution in [0.15, 0.2) is 24.3 Å². The van der Waals surface area contributed by atoms with Gasteiger partial charge in [0.25, 0.3) is 0 Å². The molecule has 0 radical (unpaired) electrons. The summed E-state index contributed by atoms with van der Waals surface area (Å²) in [5.41, 5.74) is 1.27. The second kappa shape index (κ2) is 7.40. The Morgan fingerprint density at radius 2 is 1.81 bits per heavy atom. The van der Waals surface area contributed by atoms with Crippen LogP contribution in [-0.2, 0) is 0 Å². The highest BCUT2D eigenvalue weighted by Gasteiger charge is 2.22. The molecule has 0 aromatic heterocycles. The van der Waals surface area contributed by atoms with E-state index in [1.54, 1.807) is 0 Å². The predicted octanol–water partition coefficient (Wildman–Crippen LogP) is 2.23. The fourth-order valence-electron chi connectivity index (χ4n) is 2.79. The SMILES string of the molecule is C[Si](C)(C)Oc1ccc([C@H](CCO)N2CCNCC2)cc1. The summed E-state index contributed by atoms with van der Waals surface area (Å²) in [6, 6.07) is 8.74. The molecule has 5 heteroatoms. The molecule has 1 atom stereocenters. The molecule has 21 heavy (non-hydrogen) atoms. The van der Waals surface area contributed by atoms with E-state index in [2.05, 4.69) is 54.1 Å². The third kappa shape index (κ3) is 5.11. The van der Waals surface area contributed by atoms with Crippen LogP contribution in [0.25, 0.3) is 0 Å². The lowest BCUT2D eigenvalue weighted by Gasteiger charge is -2.35. The zero-order valence-corrected chi connectivity index (χ0v) is 14.4. The minimum atomic E-state index is -1.55. The largest absolute Gasteiger partial charge is 0.544 e. The van der Waals surface area contributed by atoms with Gasteiger partial charge in [0.2, 0.25) is 8.32 Å². The molecule has 0 spiro atoms. The molecular weight excluding hydrogens is 280 g/mol. The van der Waals surface area contributed by atoms with Gasteiger partial charge in [0.05, 0.1) is 0 Å². The summed E-state index contributed by atoms with van der Waals surface area (Å²) in [6.45, 7) is 10.9. The van der Waals surface area contributed by atoms with Crippen molar-refractivity contribution in [3.8, 4) is 5.75 Å². The van der Waals surface area contributed by atoms with Gasteiger partial charge >= 0.3 is 0 Å². The smallest absolute Gasteiger partial charge is 0.242 e. The van der Waals surface area contributed by atoms with Crippen molar-refractivity contribution in [3.63, 3.8) is 0 Å². The Morgan fingerprint density at radius 3 is 2.33 bits per heavy atom. The number of benzene rings is 1. The molecule has 0 bridgehead atoms. The van der Waals surface area contributed by atoms with E-state index in [9.17, 15) is 5.11 Å². The van der Waals surface area contributed by atoms with Gasteiger partial charge in [-0.1, -0.05) is 12.1 Å². The van der Waals surface area contributed by atoms with Gasteiger partial charge < -0.3 is 14.8 Å². The molecule has 1 saturated heterocycles. The first-order valence-corrected chi connectivity index (χ1v) is 11.2. The van der Waals surface area contributed by atoms with Crippen molar-refractivity contribution in [3.05, 3.63) is 29.8 Å². The Morgan fingerprint density at radius 1 is 1.19 bits per heavy atom. The molecular formula is C16H28N2O2Si. The Labute approximate surface area is 129 Å².